The lowest BCUT2D eigenvalue weighted by Gasteiger charge is -2.34. The molecular weight excluding hydrogens is 386 g/mol. The number of ether oxygens (including phenoxy) is 3. The van der Waals surface area contributed by atoms with Crippen molar-refractivity contribution in [3.8, 4) is 5.75 Å². The van der Waals surface area contributed by atoms with Crippen molar-refractivity contribution in [1.82, 2.24) is 5.32 Å². The molecule has 0 fully saturated rings. The van der Waals surface area contributed by atoms with E-state index in [4.69, 9.17) is 14.2 Å². The largest absolute Gasteiger partial charge is 0.497 e. The van der Waals surface area contributed by atoms with Crippen LogP contribution in [0.25, 0.3) is 0 Å². The molecule has 1 heterocycles. The number of benzene rings is 2. The van der Waals surface area contributed by atoms with Crippen molar-refractivity contribution in [2.45, 2.75) is 38.3 Å². The molecule has 0 saturated carbocycles. The van der Waals surface area contributed by atoms with Gasteiger partial charge in [-0.25, -0.2) is 4.79 Å². The third kappa shape index (κ3) is 4.62. The number of carbonyl (C=O) groups is 3. The topological polar surface area (TPSA) is 90.9 Å². The lowest BCUT2D eigenvalue weighted by atomic mass is 9.88. The van der Waals surface area contributed by atoms with Crippen LogP contribution in [0.2, 0.25) is 0 Å². The van der Waals surface area contributed by atoms with Crippen molar-refractivity contribution in [3.63, 3.8) is 0 Å². The van der Waals surface area contributed by atoms with Gasteiger partial charge in [-0.2, -0.15) is 0 Å². The van der Waals surface area contributed by atoms with Crippen LogP contribution in [0.1, 0.15) is 47.8 Å². The Kier molecular flexibility index (Phi) is 6.40. The van der Waals surface area contributed by atoms with Gasteiger partial charge in [0, 0.05) is 6.42 Å². The minimum Gasteiger partial charge on any atom is -0.497 e. The maximum atomic E-state index is 13.2. The second kappa shape index (κ2) is 8.98. The summed E-state index contributed by atoms with van der Waals surface area (Å²) in [6, 6.07) is 13.5. The summed E-state index contributed by atoms with van der Waals surface area (Å²) >= 11 is 0. The van der Waals surface area contributed by atoms with E-state index in [0.29, 0.717) is 16.9 Å². The average Bonchev–Trinajstić information content (AvgIpc) is 2.73. The van der Waals surface area contributed by atoms with Crippen LogP contribution >= 0.6 is 0 Å². The first kappa shape index (κ1) is 21.4. The van der Waals surface area contributed by atoms with E-state index in [-0.39, 0.29) is 19.4 Å². The van der Waals surface area contributed by atoms with Gasteiger partial charge in [0.2, 0.25) is 0 Å². The molecule has 1 aliphatic rings. The number of fused-ring (bicyclic) bond motifs is 1. The first-order chi connectivity index (χ1) is 14.4. The summed E-state index contributed by atoms with van der Waals surface area (Å²) in [5, 5.41) is 2.86. The molecule has 0 radical (unpaired) electrons. The molecular formula is C23H25NO6. The Morgan fingerprint density at radius 2 is 1.97 bits per heavy atom. The van der Waals surface area contributed by atoms with E-state index in [9.17, 15) is 14.4 Å². The Hall–Kier alpha value is -3.35. The second-order valence-corrected chi connectivity index (χ2v) is 7.27. The lowest BCUT2D eigenvalue weighted by Crippen LogP contribution is -2.52. The molecule has 0 spiro atoms. The van der Waals surface area contributed by atoms with Gasteiger partial charge >= 0.3 is 11.9 Å². The van der Waals surface area contributed by atoms with Gasteiger partial charge < -0.3 is 19.5 Å². The standard InChI is InChI=1S/C23H25NO6/c1-4-29-20(25)13-19(15-9-7-10-17(12-15)28-3)24-22(27)23(2)14-16-8-5-6-11-18(16)21(26)30-23/h5-12,19H,4,13-14H2,1-3H3,(H,24,27). The van der Waals surface area contributed by atoms with Crippen LogP contribution in [0.5, 0.6) is 5.75 Å². The molecule has 7 nitrogen and oxygen atoms in total. The summed E-state index contributed by atoms with van der Waals surface area (Å²) in [7, 11) is 1.54. The number of nitrogens with one attached hydrogen (secondary N) is 1. The fraction of sp³-hybridized carbons (Fsp3) is 0.348. The Morgan fingerprint density at radius 1 is 1.20 bits per heavy atom. The number of hydrogen-bond donors (Lipinski definition) is 1. The smallest absolute Gasteiger partial charge is 0.339 e. The summed E-state index contributed by atoms with van der Waals surface area (Å²) in [5.74, 6) is -0.873. The zero-order valence-electron chi connectivity index (χ0n) is 17.3. The maximum Gasteiger partial charge on any atom is 0.339 e. The second-order valence-electron chi connectivity index (χ2n) is 7.27. The first-order valence-corrected chi connectivity index (χ1v) is 9.78. The normalized spacial score (nSPS) is 18.6. The van der Waals surface area contributed by atoms with Crippen molar-refractivity contribution in [3.05, 3.63) is 65.2 Å². The quantitative estimate of drug-likeness (QED) is 0.705. The zero-order chi connectivity index (χ0) is 21.7. The van der Waals surface area contributed by atoms with Gasteiger partial charge in [0.25, 0.3) is 5.91 Å². The molecule has 158 valence electrons. The molecule has 1 amide bonds. The predicted octanol–water partition coefficient (Wildman–Crippen LogP) is 2.98. The van der Waals surface area contributed by atoms with Crippen molar-refractivity contribution in [2.24, 2.45) is 0 Å². The minimum atomic E-state index is -1.39. The van der Waals surface area contributed by atoms with Crippen LogP contribution in [0, 0.1) is 0 Å². The van der Waals surface area contributed by atoms with Crippen molar-refractivity contribution in [2.75, 3.05) is 13.7 Å². The van der Waals surface area contributed by atoms with Gasteiger partial charge in [-0.05, 0) is 43.2 Å². The van der Waals surface area contributed by atoms with Gasteiger partial charge in [0.15, 0.2) is 5.60 Å². The molecule has 0 saturated heterocycles. The third-order valence-electron chi connectivity index (χ3n) is 5.04. The minimum absolute atomic E-state index is 0.0621. The fourth-order valence-electron chi connectivity index (χ4n) is 3.47. The molecule has 30 heavy (non-hydrogen) atoms. The number of cyclic esters (lactones) is 1. The highest BCUT2D eigenvalue weighted by Gasteiger charge is 2.43. The van der Waals surface area contributed by atoms with Crippen LogP contribution in [-0.2, 0) is 25.5 Å². The monoisotopic (exact) mass is 411 g/mol. The van der Waals surface area contributed by atoms with Crippen molar-refractivity contribution in [1.29, 1.82) is 0 Å². The number of carbonyl (C=O) groups excluding carboxylic acids is 3. The number of rotatable bonds is 7. The van der Waals surface area contributed by atoms with Crippen LogP contribution < -0.4 is 10.1 Å². The predicted molar refractivity (Wildman–Crippen MR) is 109 cm³/mol. The fourth-order valence-corrected chi connectivity index (χ4v) is 3.47. The van der Waals surface area contributed by atoms with Gasteiger partial charge in [-0.15, -0.1) is 0 Å². The molecule has 2 aromatic rings. The SMILES string of the molecule is CCOC(=O)CC(NC(=O)C1(C)Cc2ccccc2C(=O)O1)c1cccc(OC)c1. The van der Waals surface area contributed by atoms with E-state index < -0.39 is 29.5 Å². The third-order valence-corrected chi connectivity index (χ3v) is 5.04. The molecule has 2 unspecified atom stereocenters. The summed E-state index contributed by atoms with van der Waals surface area (Å²) < 4.78 is 15.8. The van der Waals surface area contributed by atoms with Crippen molar-refractivity contribution < 1.29 is 28.6 Å². The zero-order valence-corrected chi connectivity index (χ0v) is 17.3. The molecule has 0 aromatic heterocycles. The highest BCUT2D eigenvalue weighted by atomic mass is 16.6. The average molecular weight is 411 g/mol. The van der Waals surface area contributed by atoms with E-state index in [1.807, 2.05) is 6.07 Å². The summed E-state index contributed by atoms with van der Waals surface area (Å²) in [6.45, 7) is 3.53. The van der Waals surface area contributed by atoms with Crippen molar-refractivity contribution >= 4 is 17.8 Å². The lowest BCUT2D eigenvalue weighted by molar-refractivity contribution is -0.145. The van der Waals surface area contributed by atoms with Gasteiger partial charge in [0.1, 0.15) is 5.75 Å². The van der Waals surface area contributed by atoms with Gasteiger partial charge in [0.05, 0.1) is 31.7 Å². The Bertz CT molecular complexity index is 956. The van der Waals surface area contributed by atoms with E-state index in [2.05, 4.69) is 5.32 Å². The molecule has 0 aliphatic carbocycles. The Balaban J connectivity index is 1.85. The van der Waals surface area contributed by atoms with Crippen LogP contribution in [0.3, 0.4) is 0 Å². The highest BCUT2D eigenvalue weighted by Crippen LogP contribution is 2.30. The van der Waals surface area contributed by atoms with E-state index >= 15 is 0 Å². The number of amides is 1. The van der Waals surface area contributed by atoms with E-state index in [0.717, 1.165) is 5.56 Å². The van der Waals surface area contributed by atoms with Gasteiger partial charge in [-0.1, -0.05) is 30.3 Å². The Morgan fingerprint density at radius 3 is 2.70 bits per heavy atom. The number of hydrogen-bond acceptors (Lipinski definition) is 6. The molecule has 2 aromatic carbocycles. The van der Waals surface area contributed by atoms with Gasteiger partial charge in [-0.3, -0.25) is 9.59 Å². The van der Waals surface area contributed by atoms with Crippen LogP contribution in [0.4, 0.5) is 0 Å². The van der Waals surface area contributed by atoms with Crippen LogP contribution in [-0.4, -0.2) is 37.2 Å². The Labute approximate surface area is 175 Å². The highest BCUT2D eigenvalue weighted by molar-refractivity contribution is 5.97. The molecule has 2 atom stereocenters. The first-order valence-electron chi connectivity index (χ1n) is 9.78. The molecule has 1 aliphatic heterocycles. The summed E-state index contributed by atoms with van der Waals surface area (Å²) in [4.78, 5) is 37.7. The number of esters is 2. The molecule has 0 bridgehead atoms. The van der Waals surface area contributed by atoms with E-state index in [1.54, 1.807) is 56.3 Å². The number of methoxy groups -OCH3 is 1. The maximum absolute atomic E-state index is 13.2. The van der Waals surface area contributed by atoms with Crippen LogP contribution in [0.15, 0.2) is 48.5 Å². The van der Waals surface area contributed by atoms with E-state index in [1.165, 1.54) is 7.11 Å². The molecule has 3 rings (SSSR count). The molecule has 7 heteroatoms. The summed E-state index contributed by atoms with van der Waals surface area (Å²) in [6.07, 6.45) is 0.179. The summed E-state index contributed by atoms with van der Waals surface area (Å²) in [5.41, 5.74) is 0.493. The molecule has 1 N–H and O–H groups in total.